The molecular formula is C30H33N3O4. The van der Waals surface area contributed by atoms with E-state index in [1.807, 2.05) is 31.2 Å². The first kappa shape index (κ1) is 25.0. The summed E-state index contributed by atoms with van der Waals surface area (Å²) in [4.78, 5) is 22.6. The normalized spacial score (nSPS) is 16.2. The number of ether oxygens (including phenoxy) is 1. The fraction of sp³-hybridized carbons (Fsp3) is 0.367. The van der Waals surface area contributed by atoms with Crippen LogP contribution in [0.1, 0.15) is 36.9 Å². The molecule has 1 atom stereocenters. The Morgan fingerprint density at radius 3 is 2.76 bits per heavy atom. The first-order valence-electron chi connectivity index (χ1n) is 12.9. The van der Waals surface area contributed by atoms with Gasteiger partial charge in [0.15, 0.2) is 0 Å². The average molecular weight is 500 g/mol. The van der Waals surface area contributed by atoms with Crippen molar-refractivity contribution in [3.8, 4) is 28.2 Å². The van der Waals surface area contributed by atoms with Gasteiger partial charge in [0.05, 0.1) is 18.2 Å². The Kier molecular flexibility index (Phi) is 7.51. The zero-order valence-electron chi connectivity index (χ0n) is 21.4. The molecule has 5 rings (SSSR count). The van der Waals surface area contributed by atoms with Crippen LogP contribution in [-0.4, -0.2) is 52.7 Å². The van der Waals surface area contributed by atoms with Crippen molar-refractivity contribution in [1.82, 2.24) is 14.9 Å². The van der Waals surface area contributed by atoms with E-state index in [0.29, 0.717) is 18.1 Å². The molecule has 7 nitrogen and oxygen atoms in total. The van der Waals surface area contributed by atoms with Crippen LogP contribution in [0.2, 0.25) is 0 Å². The molecule has 0 aliphatic carbocycles. The summed E-state index contributed by atoms with van der Waals surface area (Å²) in [5.41, 5.74) is 5.70. The Morgan fingerprint density at radius 1 is 1.16 bits per heavy atom. The van der Waals surface area contributed by atoms with Crippen LogP contribution < -0.4 is 4.74 Å². The number of benzene rings is 2. The van der Waals surface area contributed by atoms with E-state index in [-0.39, 0.29) is 6.42 Å². The highest BCUT2D eigenvalue weighted by molar-refractivity contribution is 6.01. The number of hydrogen-bond acceptors (Lipinski definition) is 6. The molecule has 0 spiro atoms. The highest BCUT2D eigenvalue weighted by atomic mass is 16.5. The van der Waals surface area contributed by atoms with E-state index in [1.165, 1.54) is 0 Å². The van der Waals surface area contributed by atoms with Crippen molar-refractivity contribution >= 4 is 17.1 Å². The number of rotatable bonds is 9. The van der Waals surface area contributed by atoms with Crippen molar-refractivity contribution in [3.05, 3.63) is 66.1 Å². The van der Waals surface area contributed by atoms with Crippen molar-refractivity contribution in [3.63, 3.8) is 0 Å². The van der Waals surface area contributed by atoms with E-state index in [9.17, 15) is 4.79 Å². The largest absolute Gasteiger partial charge is 0.496 e. The predicted octanol–water partition coefficient (Wildman–Crippen LogP) is 5.99. The number of piperidine rings is 1. The maximum absolute atomic E-state index is 10.9. The van der Waals surface area contributed by atoms with Crippen LogP contribution in [0.5, 0.6) is 5.75 Å². The molecule has 0 saturated carbocycles. The number of nitrogens with zero attached hydrogens (tertiary/aromatic N) is 3. The lowest BCUT2D eigenvalue weighted by molar-refractivity contribution is -0.137. The van der Waals surface area contributed by atoms with Gasteiger partial charge in [0.2, 0.25) is 5.71 Å². The van der Waals surface area contributed by atoms with Gasteiger partial charge in [-0.25, -0.2) is 9.97 Å². The molecule has 3 heterocycles. The zero-order valence-corrected chi connectivity index (χ0v) is 21.4. The lowest BCUT2D eigenvalue weighted by atomic mass is 9.90. The zero-order chi connectivity index (χ0) is 25.8. The highest BCUT2D eigenvalue weighted by Crippen LogP contribution is 2.42. The van der Waals surface area contributed by atoms with E-state index >= 15 is 0 Å². The van der Waals surface area contributed by atoms with Gasteiger partial charge in [0.25, 0.3) is 0 Å². The first-order chi connectivity index (χ1) is 18.0. The monoisotopic (exact) mass is 499 g/mol. The predicted molar refractivity (Wildman–Crippen MR) is 144 cm³/mol. The molecule has 1 N–H and O–H groups in total. The van der Waals surface area contributed by atoms with E-state index in [2.05, 4.69) is 34.1 Å². The summed E-state index contributed by atoms with van der Waals surface area (Å²) in [7, 11) is 1.69. The summed E-state index contributed by atoms with van der Waals surface area (Å²) in [5.74, 6) is 1.35. The second-order valence-corrected chi connectivity index (χ2v) is 9.87. The van der Waals surface area contributed by atoms with Crippen molar-refractivity contribution in [2.24, 2.45) is 5.92 Å². The second-order valence-electron chi connectivity index (χ2n) is 9.87. The van der Waals surface area contributed by atoms with Crippen LogP contribution >= 0.6 is 0 Å². The SMILES string of the molecule is COc1ccc(-c2c(-c3ccccc3)oc3ncnc(C[C@@H]4CCCN(CCCC(=O)O)C4)c23)cc1C. The standard InChI is InChI=1S/C30H33N3O4/c1-20-16-23(12-13-25(20)36-2)27-28-24(17-21-8-6-14-33(18-21)15-7-11-26(34)35)31-19-32-30(28)37-29(27)22-9-4-3-5-10-22/h3-5,9-10,12-13,16,19,21H,6-8,11,14-15,17-18H2,1-2H3,(H,34,35)/t21-/m0/s1. The number of furan rings is 1. The molecule has 1 aliphatic rings. The third kappa shape index (κ3) is 5.52. The van der Waals surface area contributed by atoms with E-state index in [1.54, 1.807) is 13.4 Å². The maximum Gasteiger partial charge on any atom is 0.303 e. The molecular weight excluding hydrogens is 466 g/mol. The molecule has 2 aromatic carbocycles. The van der Waals surface area contributed by atoms with Gasteiger partial charge in [-0.15, -0.1) is 0 Å². The van der Waals surface area contributed by atoms with Crippen molar-refractivity contribution < 1.29 is 19.1 Å². The summed E-state index contributed by atoms with van der Waals surface area (Å²) in [5, 5.41) is 9.96. The van der Waals surface area contributed by atoms with Gasteiger partial charge < -0.3 is 19.2 Å². The molecule has 0 unspecified atom stereocenters. The number of carboxylic acid groups (broad SMARTS) is 1. The number of methoxy groups -OCH3 is 1. The van der Waals surface area contributed by atoms with Gasteiger partial charge in [-0.3, -0.25) is 4.79 Å². The Bertz CT molecular complexity index is 1380. The second kappa shape index (κ2) is 11.1. The third-order valence-corrected chi connectivity index (χ3v) is 7.24. The number of aromatic nitrogens is 2. The Hall–Kier alpha value is -3.71. The lowest BCUT2D eigenvalue weighted by Crippen LogP contribution is -2.37. The number of hydrogen-bond donors (Lipinski definition) is 1. The molecule has 7 heteroatoms. The molecule has 0 amide bonds. The number of aliphatic carboxylic acids is 1. The Labute approximate surface area is 217 Å². The minimum Gasteiger partial charge on any atom is -0.496 e. The van der Waals surface area contributed by atoms with Gasteiger partial charge in [-0.1, -0.05) is 36.4 Å². The number of likely N-dealkylation sites (tertiary alicyclic amines) is 1. The number of carbonyl (C=O) groups is 1. The number of carboxylic acids is 1. The summed E-state index contributed by atoms with van der Waals surface area (Å²) >= 11 is 0. The third-order valence-electron chi connectivity index (χ3n) is 7.24. The first-order valence-corrected chi connectivity index (χ1v) is 12.9. The van der Waals surface area contributed by atoms with Crippen LogP contribution in [0.25, 0.3) is 33.6 Å². The van der Waals surface area contributed by atoms with E-state index in [4.69, 9.17) is 19.2 Å². The highest BCUT2D eigenvalue weighted by Gasteiger charge is 2.26. The maximum atomic E-state index is 10.9. The molecule has 1 saturated heterocycles. The lowest BCUT2D eigenvalue weighted by Gasteiger charge is -2.32. The van der Waals surface area contributed by atoms with Crippen LogP contribution in [0.4, 0.5) is 0 Å². The Morgan fingerprint density at radius 2 is 2.00 bits per heavy atom. The van der Waals surface area contributed by atoms with Crippen molar-refractivity contribution in [2.75, 3.05) is 26.7 Å². The fourth-order valence-corrected chi connectivity index (χ4v) is 5.50. The van der Waals surface area contributed by atoms with E-state index in [0.717, 1.165) is 83.7 Å². The quantitative estimate of drug-likeness (QED) is 0.302. The molecule has 1 fully saturated rings. The fourth-order valence-electron chi connectivity index (χ4n) is 5.50. The van der Waals surface area contributed by atoms with Crippen LogP contribution in [-0.2, 0) is 11.2 Å². The van der Waals surface area contributed by atoms with E-state index < -0.39 is 5.97 Å². The summed E-state index contributed by atoms with van der Waals surface area (Å²) in [6, 6.07) is 16.3. The molecule has 0 bridgehead atoms. The summed E-state index contributed by atoms with van der Waals surface area (Å²) < 4.78 is 11.9. The molecule has 4 aromatic rings. The minimum absolute atomic E-state index is 0.218. The number of fused-ring (bicyclic) bond motifs is 1. The van der Waals surface area contributed by atoms with Crippen molar-refractivity contribution in [1.29, 1.82) is 0 Å². The molecule has 0 radical (unpaired) electrons. The number of aryl methyl sites for hydroxylation is 1. The molecule has 2 aromatic heterocycles. The van der Waals surface area contributed by atoms with Gasteiger partial charge >= 0.3 is 5.97 Å². The van der Waals surface area contributed by atoms with Gasteiger partial charge in [0.1, 0.15) is 17.8 Å². The summed E-state index contributed by atoms with van der Waals surface area (Å²) in [6.07, 6.45) is 5.56. The molecule has 37 heavy (non-hydrogen) atoms. The van der Waals surface area contributed by atoms with Gasteiger partial charge in [-0.05, 0) is 74.9 Å². The van der Waals surface area contributed by atoms with Crippen LogP contribution in [0.3, 0.4) is 0 Å². The minimum atomic E-state index is -0.729. The van der Waals surface area contributed by atoms with Crippen molar-refractivity contribution in [2.45, 2.75) is 39.0 Å². The molecule has 192 valence electrons. The van der Waals surface area contributed by atoms with Crippen LogP contribution in [0, 0.1) is 12.8 Å². The van der Waals surface area contributed by atoms with Gasteiger partial charge in [-0.2, -0.15) is 0 Å². The Balaban J connectivity index is 1.53. The molecule has 1 aliphatic heterocycles. The topological polar surface area (TPSA) is 88.7 Å². The van der Waals surface area contributed by atoms with Crippen LogP contribution in [0.15, 0.2) is 59.3 Å². The smallest absolute Gasteiger partial charge is 0.303 e. The average Bonchev–Trinajstić information content (AvgIpc) is 3.30. The summed E-state index contributed by atoms with van der Waals surface area (Å²) in [6.45, 7) is 4.84. The van der Waals surface area contributed by atoms with Gasteiger partial charge in [0, 0.05) is 24.1 Å².